The summed E-state index contributed by atoms with van der Waals surface area (Å²) in [5, 5.41) is 23.4. The third-order valence-electron chi connectivity index (χ3n) is 11.9. The van der Waals surface area contributed by atoms with E-state index in [1.165, 1.54) is 56.9 Å². The van der Waals surface area contributed by atoms with E-state index in [-0.39, 0.29) is 34.9 Å². The van der Waals surface area contributed by atoms with Crippen molar-refractivity contribution in [2.24, 2.45) is 28.6 Å². The van der Waals surface area contributed by atoms with E-state index >= 15 is 0 Å². The normalized spacial score (nSPS) is 36.2. The number of esters is 1. The van der Waals surface area contributed by atoms with Gasteiger partial charge in [0.2, 0.25) is 5.78 Å². The molecule has 0 spiro atoms. The van der Waals surface area contributed by atoms with Crippen LogP contribution in [0.3, 0.4) is 0 Å². The van der Waals surface area contributed by atoms with Crippen molar-refractivity contribution >= 4 is 17.5 Å². The van der Waals surface area contributed by atoms with Gasteiger partial charge in [0.25, 0.3) is 0 Å². The van der Waals surface area contributed by atoms with E-state index in [0.717, 1.165) is 44.9 Å². The number of rotatable bonds is 15. The number of unbranched alkanes of at least 4 members (excludes halogenated alkanes) is 10. The Morgan fingerprint density at radius 1 is 0.927 bits per heavy atom. The maximum absolute atomic E-state index is 13.4. The minimum Gasteiger partial charge on any atom is -0.458 e. The summed E-state index contributed by atoms with van der Waals surface area (Å²) < 4.78 is 5.38. The maximum Gasteiger partial charge on any atom is 0.306 e. The Morgan fingerprint density at radius 3 is 2.22 bits per heavy atom. The van der Waals surface area contributed by atoms with Gasteiger partial charge in [-0.2, -0.15) is 0 Å². The molecule has 232 valence electrons. The Bertz CT molecular complexity index is 972. The van der Waals surface area contributed by atoms with Crippen LogP contribution in [-0.4, -0.2) is 46.1 Å². The van der Waals surface area contributed by atoms with Gasteiger partial charge in [-0.25, -0.2) is 0 Å². The SMILES string of the molecule is CCCCCCCCCCCCCC(=O)OCC(=O)[C@@]1(O)CC[C@H]2[C@@H]3CCC4=CC(=O)CC[C@]4(C)[C@H]3[C@@H](O)C[C@@]21C. The van der Waals surface area contributed by atoms with Crippen LogP contribution in [0.15, 0.2) is 11.6 Å². The molecule has 0 bridgehead atoms. The molecular formula is C35H56O6. The van der Waals surface area contributed by atoms with Crippen molar-refractivity contribution in [3.05, 3.63) is 11.6 Å². The third-order valence-corrected chi connectivity index (χ3v) is 11.9. The van der Waals surface area contributed by atoms with Crippen molar-refractivity contribution in [1.29, 1.82) is 0 Å². The number of hydrogen-bond donors (Lipinski definition) is 2. The van der Waals surface area contributed by atoms with Gasteiger partial charge in [-0.05, 0) is 74.2 Å². The van der Waals surface area contributed by atoms with E-state index in [9.17, 15) is 24.6 Å². The summed E-state index contributed by atoms with van der Waals surface area (Å²) in [6.07, 6.45) is 19.2. The molecule has 0 aromatic heterocycles. The zero-order valence-electron chi connectivity index (χ0n) is 26.1. The lowest BCUT2D eigenvalue weighted by Gasteiger charge is -2.60. The van der Waals surface area contributed by atoms with E-state index in [1.807, 2.05) is 13.0 Å². The molecule has 3 saturated carbocycles. The molecule has 0 saturated heterocycles. The lowest BCUT2D eigenvalue weighted by Crippen LogP contribution is -2.62. The molecule has 0 radical (unpaired) electrons. The highest BCUT2D eigenvalue weighted by molar-refractivity contribution is 5.92. The summed E-state index contributed by atoms with van der Waals surface area (Å²) in [6.45, 7) is 6.01. The molecule has 41 heavy (non-hydrogen) atoms. The van der Waals surface area contributed by atoms with E-state index in [1.54, 1.807) is 0 Å². The second-order valence-electron chi connectivity index (χ2n) is 14.3. The van der Waals surface area contributed by atoms with Crippen molar-refractivity contribution in [2.45, 2.75) is 154 Å². The van der Waals surface area contributed by atoms with Crippen LogP contribution in [0, 0.1) is 28.6 Å². The predicted molar refractivity (Wildman–Crippen MR) is 160 cm³/mol. The largest absolute Gasteiger partial charge is 0.458 e. The van der Waals surface area contributed by atoms with Crippen molar-refractivity contribution in [2.75, 3.05) is 6.61 Å². The van der Waals surface area contributed by atoms with E-state index in [0.29, 0.717) is 25.7 Å². The van der Waals surface area contributed by atoms with Crippen LogP contribution in [0.5, 0.6) is 0 Å². The number of hydrogen-bond acceptors (Lipinski definition) is 6. The number of ketones is 2. The maximum atomic E-state index is 13.4. The van der Waals surface area contributed by atoms with Crippen molar-refractivity contribution < 1.29 is 29.3 Å². The van der Waals surface area contributed by atoms with E-state index in [4.69, 9.17) is 4.74 Å². The summed E-state index contributed by atoms with van der Waals surface area (Å²) in [6, 6.07) is 0. The number of aliphatic hydroxyl groups is 2. The van der Waals surface area contributed by atoms with Gasteiger partial charge < -0.3 is 14.9 Å². The molecular weight excluding hydrogens is 516 g/mol. The summed E-state index contributed by atoms with van der Waals surface area (Å²) in [5.74, 6) is -0.254. The molecule has 3 fully saturated rings. The second kappa shape index (κ2) is 13.8. The third kappa shape index (κ3) is 6.69. The standard InChI is InChI=1S/C35H56O6/c1-4-5-6-7-8-9-10-11-12-13-14-15-31(39)41-24-30(38)35(40)21-19-28-27-17-16-25-22-26(36)18-20-33(25,2)32(27)29(37)23-34(28,35)3/h22,27-29,32,37,40H,4-21,23-24H2,1-3H3/t27-,28-,29-,32+,33-,34-,35-/m0/s1. The Morgan fingerprint density at radius 2 is 1.56 bits per heavy atom. The average molecular weight is 573 g/mol. The monoisotopic (exact) mass is 572 g/mol. The van der Waals surface area contributed by atoms with Gasteiger partial charge in [0, 0.05) is 18.3 Å². The number of ether oxygens (including phenoxy) is 1. The number of Topliss-reactive ketones (excluding diaryl/α,β-unsaturated/α-hetero) is 1. The first-order valence-electron chi connectivity index (χ1n) is 16.9. The number of carbonyl (C=O) groups is 3. The highest BCUT2D eigenvalue weighted by Gasteiger charge is 2.68. The molecule has 6 nitrogen and oxygen atoms in total. The lowest BCUT2D eigenvalue weighted by atomic mass is 9.45. The van der Waals surface area contributed by atoms with Gasteiger partial charge >= 0.3 is 5.97 Å². The zero-order chi connectivity index (χ0) is 29.7. The Balaban J connectivity index is 1.23. The highest BCUT2D eigenvalue weighted by Crippen LogP contribution is 2.67. The zero-order valence-corrected chi connectivity index (χ0v) is 26.1. The molecule has 4 aliphatic rings. The van der Waals surface area contributed by atoms with Crippen LogP contribution >= 0.6 is 0 Å². The Hall–Kier alpha value is -1.53. The summed E-state index contributed by atoms with van der Waals surface area (Å²) in [4.78, 5) is 37.9. The van der Waals surface area contributed by atoms with Crippen molar-refractivity contribution in [1.82, 2.24) is 0 Å². The quantitative estimate of drug-likeness (QED) is 0.161. The lowest BCUT2D eigenvalue weighted by molar-refractivity contribution is -0.184. The number of allylic oxidation sites excluding steroid dienone is 1. The first kappa shape index (κ1) is 32.4. The minimum absolute atomic E-state index is 0.0368. The first-order valence-corrected chi connectivity index (χ1v) is 16.9. The first-order chi connectivity index (χ1) is 19.6. The number of aliphatic hydroxyl groups excluding tert-OH is 1. The predicted octanol–water partition coefficient (Wildman–Crippen LogP) is 7.03. The molecule has 6 heteroatoms. The molecule has 4 rings (SSSR count). The van der Waals surface area contributed by atoms with Gasteiger partial charge in [-0.3, -0.25) is 14.4 Å². The Labute approximate surface area is 248 Å². The number of carbonyl (C=O) groups excluding carboxylic acids is 3. The minimum atomic E-state index is -1.60. The van der Waals surface area contributed by atoms with Crippen LogP contribution < -0.4 is 0 Å². The second-order valence-corrected chi connectivity index (χ2v) is 14.3. The van der Waals surface area contributed by atoms with Gasteiger partial charge in [-0.15, -0.1) is 0 Å². The molecule has 0 heterocycles. The highest BCUT2D eigenvalue weighted by atomic mass is 16.5. The van der Waals surface area contributed by atoms with Crippen LogP contribution in [0.25, 0.3) is 0 Å². The fourth-order valence-electron chi connectivity index (χ4n) is 9.42. The van der Waals surface area contributed by atoms with E-state index in [2.05, 4.69) is 13.8 Å². The van der Waals surface area contributed by atoms with Gasteiger partial charge in [0.15, 0.2) is 12.4 Å². The van der Waals surface area contributed by atoms with E-state index < -0.39 is 29.5 Å². The van der Waals surface area contributed by atoms with Gasteiger partial charge in [0.1, 0.15) is 5.60 Å². The van der Waals surface area contributed by atoms with Crippen LogP contribution in [0.4, 0.5) is 0 Å². The molecule has 2 N–H and O–H groups in total. The molecule has 0 unspecified atom stereocenters. The fraction of sp³-hybridized carbons (Fsp3) is 0.857. The molecule has 0 aromatic carbocycles. The van der Waals surface area contributed by atoms with Gasteiger partial charge in [0.05, 0.1) is 6.10 Å². The van der Waals surface area contributed by atoms with Crippen molar-refractivity contribution in [3.8, 4) is 0 Å². The summed E-state index contributed by atoms with van der Waals surface area (Å²) in [7, 11) is 0. The molecule has 0 aromatic rings. The Kier molecular flexibility index (Phi) is 10.9. The molecule has 0 aliphatic heterocycles. The molecule has 0 amide bonds. The summed E-state index contributed by atoms with van der Waals surface area (Å²) >= 11 is 0. The van der Waals surface area contributed by atoms with Crippen LogP contribution in [0.2, 0.25) is 0 Å². The van der Waals surface area contributed by atoms with Crippen LogP contribution in [-0.2, 0) is 19.1 Å². The van der Waals surface area contributed by atoms with Crippen molar-refractivity contribution in [3.63, 3.8) is 0 Å². The van der Waals surface area contributed by atoms with Gasteiger partial charge in [-0.1, -0.05) is 90.6 Å². The molecule has 7 atom stereocenters. The number of fused-ring (bicyclic) bond motifs is 5. The molecule has 4 aliphatic carbocycles. The smallest absolute Gasteiger partial charge is 0.306 e. The van der Waals surface area contributed by atoms with Crippen LogP contribution in [0.1, 0.15) is 143 Å². The topological polar surface area (TPSA) is 101 Å². The fourth-order valence-corrected chi connectivity index (χ4v) is 9.42. The average Bonchev–Trinajstić information content (AvgIpc) is 3.21. The summed E-state index contributed by atoms with van der Waals surface area (Å²) in [5.41, 5.74) is -1.38.